The van der Waals surface area contributed by atoms with Crippen molar-refractivity contribution in [3.63, 3.8) is 0 Å². The predicted molar refractivity (Wildman–Crippen MR) is 86.2 cm³/mol. The molecule has 0 heterocycles. The second-order valence-electron chi connectivity index (χ2n) is 5.72. The van der Waals surface area contributed by atoms with Gasteiger partial charge in [-0.3, -0.25) is 0 Å². The zero-order valence-electron chi connectivity index (χ0n) is 13.3. The van der Waals surface area contributed by atoms with Crippen molar-refractivity contribution in [2.45, 2.75) is 40.5 Å². The van der Waals surface area contributed by atoms with Gasteiger partial charge in [0.2, 0.25) is 0 Å². The van der Waals surface area contributed by atoms with E-state index in [1.807, 2.05) is 0 Å². The molecule has 0 radical (unpaired) electrons. The van der Waals surface area contributed by atoms with Crippen LogP contribution in [0.15, 0.2) is 48.6 Å². The Balaban J connectivity index is -0.000000233. The van der Waals surface area contributed by atoms with Gasteiger partial charge < -0.3 is 14.9 Å². The number of rotatable bonds is 0. The minimum atomic E-state index is 0. The maximum Gasteiger partial charge on any atom is 2.00 e. The summed E-state index contributed by atoms with van der Waals surface area (Å²) >= 11 is 0. The summed E-state index contributed by atoms with van der Waals surface area (Å²) in [6.45, 7) is 8.83. The molecule has 0 fully saturated rings. The summed E-state index contributed by atoms with van der Waals surface area (Å²) in [6.07, 6.45) is 20.0. The molecule has 0 unspecified atom stereocenters. The molecular formula is C18H30Ni. The first-order valence-corrected chi connectivity index (χ1v) is 6.12. The van der Waals surface area contributed by atoms with Crippen LogP contribution in [-0.2, 0) is 16.5 Å². The van der Waals surface area contributed by atoms with Gasteiger partial charge in [0.1, 0.15) is 0 Å². The second kappa shape index (κ2) is 10.3. The summed E-state index contributed by atoms with van der Waals surface area (Å²) < 4.78 is 0. The van der Waals surface area contributed by atoms with Crippen molar-refractivity contribution in [3.05, 3.63) is 63.5 Å². The Kier molecular flexibility index (Phi) is 12.7. The van der Waals surface area contributed by atoms with E-state index in [1.54, 1.807) is 0 Å². The quantitative estimate of drug-likeness (QED) is 0.294. The molecule has 0 aromatic heterocycles. The van der Waals surface area contributed by atoms with Crippen molar-refractivity contribution in [3.8, 4) is 0 Å². The van der Waals surface area contributed by atoms with Crippen molar-refractivity contribution in [1.82, 2.24) is 0 Å². The normalized spacial score (nSPS) is 20.0. The van der Waals surface area contributed by atoms with Crippen LogP contribution in [0, 0.1) is 25.7 Å². The average molecular weight is 305 g/mol. The molecule has 0 saturated heterocycles. The molecule has 2 aliphatic carbocycles. The van der Waals surface area contributed by atoms with Crippen LogP contribution in [-0.4, -0.2) is 0 Å². The van der Waals surface area contributed by atoms with E-state index in [-0.39, 0.29) is 31.3 Å². The first-order valence-electron chi connectivity index (χ1n) is 6.12. The van der Waals surface area contributed by atoms with E-state index in [4.69, 9.17) is 0 Å². The van der Waals surface area contributed by atoms with Gasteiger partial charge in [-0.15, -0.1) is 0 Å². The van der Waals surface area contributed by atoms with Crippen LogP contribution in [0.4, 0.5) is 0 Å². The van der Waals surface area contributed by atoms with Crippen molar-refractivity contribution in [2.75, 3.05) is 0 Å². The van der Waals surface area contributed by atoms with Crippen LogP contribution in [0.1, 0.15) is 40.5 Å². The molecule has 0 atom stereocenters. The summed E-state index contributed by atoms with van der Waals surface area (Å²) in [5.74, 6) is 0. The van der Waals surface area contributed by atoms with Gasteiger partial charge in [-0.2, -0.15) is 0 Å². The molecule has 0 aliphatic heterocycles. The van der Waals surface area contributed by atoms with Crippen LogP contribution in [0.25, 0.3) is 0 Å². The molecule has 2 aliphatic rings. The minimum absolute atomic E-state index is 0. The van der Waals surface area contributed by atoms with Gasteiger partial charge in [-0.25, -0.2) is 0 Å². The van der Waals surface area contributed by atoms with Crippen molar-refractivity contribution in [1.29, 1.82) is 0 Å². The third-order valence-electron chi connectivity index (χ3n) is 2.73. The average Bonchev–Trinajstić information content (AvgIpc) is 2.17. The number of hydrogen-bond acceptors (Lipinski definition) is 0. The van der Waals surface area contributed by atoms with Crippen molar-refractivity contribution >= 4 is 0 Å². The van der Waals surface area contributed by atoms with E-state index in [2.05, 4.69) is 76.3 Å². The third-order valence-corrected chi connectivity index (χ3v) is 2.73. The maximum atomic E-state index is 2.24. The molecule has 0 saturated carbocycles. The first-order chi connectivity index (χ1) is 7.41. The van der Waals surface area contributed by atoms with Gasteiger partial charge in [-0.05, 0) is 12.8 Å². The van der Waals surface area contributed by atoms with Crippen LogP contribution in [0.2, 0.25) is 0 Å². The fourth-order valence-electron chi connectivity index (χ4n) is 1.76. The van der Waals surface area contributed by atoms with Crippen molar-refractivity contribution < 1.29 is 16.5 Å². The Morgan fingerprint density at radius 2 is 0.789 bits per heavy atom. The molecule has 0 bridgehead atoms. The van der Waals surface area contributed by atoms with Gasteiger partial charge in [-0.1, -0.05) is 76.3 Å². The van der Waals surface area contributed by atoms with Gasteiger partial charge in [0.25, 0.3) is 0 Å². The summed E-state index contributed by atoms with van der Waals surface area (Å²) in [6, 6.07) is 0. The molecule has 112 valence electrons. The molecule has 0 aromatic rings. The maximum absolute atomic E-state index is 2.24. The predicted octanol–water partition coefficient (Wildman–Crippen LogP) is 5.96. The van der Waals surface area contributed by atoms with E-state index in [1.165, 1.54) is 0 Å². The Hall–Kier alpha value is -0.546. The number of hydrogen-bond donors (Lipinski definition) is 0. The molecule has 2 rings (SSSR count). The smallest absolute Gasteiger partial charge is 0.358 e. The number of allylic oxidation sites excluding steroid dienone is 8. The van der Waals surface area contributed by atoms with Crippen LogP contribution in [0.3, 0.4) is 0 Å². The fourth-order valence-corrected chi connectivity index (χ4v) is 1.76. The van der Waals surface area contributed by atoms with E-state index in [9.17, 15) is 0 Å². The van der Waals surface area contributed by atoms with Crippen LogP contribution < -0.4 is 0 Å². The van der Waals surface area contributed by atoms with E-state index in [0.717, 1.165) is 12.8 Å². The monoisotopic (exact) mass is 304 g/mol. The standard InChI is InChI=1S/2C8H12.2CH3.Ni/c2*1-8(2)6-4-3-5-7-8;;;/h2*4-7H,3H2,1-2H3;2*1H3;/q;;2*-1;+2. The van der Waals surface area contributed by atoms with Gasteiger partial charge in [0, 0.05) is 10.8 Å². The molecule has 0 spiro atoms. The molecule has 0 amide bonds. The van der Waals surface area contributed by atoms with Gasteiger partial charge >= 0.3 is 16.5 Å². The molecule has 0 nitrogen and oxygen atoms in total. The minimum Gasteiger partial charge on any atom is -0.358 e. The Morgan fingerprint density at radius 1 is 0.579 bits per heavy atom. The third kappa shape index (κ3) is 11.0. The SMILES string of the molecule is CC1(C)C=CCC=C1.CC1(C)C=CCC=C1.[CH3-].[CH3-].[Ni+2]. The molecular weight excluding hydrogens is 275 g/mol. The van der Waals surface area contributed by atoms with E-state index < -0.39 is 0 Å². The van der Waals surface area contributed by atoms with E-state index >= 15 is 0 Å². The van der Waals surface area contributed by atoms with Crippen LogP contribution >= 0.6 is 0 Å². The largest absolute Gasteiger partial charge is 2.00 e. The van der Waals surface area contributed by atoms with E-state index in [0.29, 0.717) is 10.8 Å². The molecule has 0 N–H and O–H groups in total. The summed E-state index contributed by atoms with van der Waals surface area (Å²) in [4.78, 5) is 0. The Bertz CT molecular complexity index is 266. The first kappa shape index (κ1) is 23.5. The summed E-state index contributed by atoms with van der Waals surface area (Å²) in [5.41, 5.74) is 0.635. The second-order valence-corrected chi connectivity index (χ2v) is 5.72. The fraction of sp³-hybridized carbons (Fsp3) is 0.444. The Labute approximate surface area is 131 Å². The summed E-state index contributed by atoms with van der Waals surface area (Å²) in [5, 5.41) is 0. The van der Waals surface area contributed by atoms with Crippen molar-refractivity contribution in [2.24, 2.45) is 10.8 Å². The molecule has 19 heavy (non-hydrogen) atoms. The zero-order chi connectivity index (χ0) is 12.1. The topological polar surface area (TPSA) is 0 Å². The van der Waals surface area contributed by atoms with Gasteiger partial charge in [0.15, 0.2) is 0 Å². The van der Waals surface area contributed by atoms with Crippen LogP contribution in [0.5, 0.6) is 0 Å². The summed E-state index contributed by atoms with van der Waals surface area (Å²) in [7, 11) is 0. The molecule has 0 aromatic carbocycles. The molecule has 1 heteroatoms. The zero-order valence-corrected chi connectivity index (χ0v) is 14.3. The van der Waals surface area contributed by atoms with Gasteiger partial charge in [0.05, 0.1) is 0 Å². The Morgan fingerprint density at radius 3 is 0.895 bits per heavy atom.